The Balaban J connectivity index is 1.54. The van der Waals surface area contributed by atoms with Crippen molar-refractivity contribution in [2.75, 3.05) is 25.2 Å². The largest absolute Gasteiger partial charge is 0.507 e. The van der Waals surface area contributed by atoms with E-state index in [9.17, 15) is 19.5 Å². The van der Waals surface area contributed by atoms with Gasteiger partial charge in [-0.1, -0.05) is 79.7 Å². The summed E-state index contributed by atoms with van der Waals surface area (Å²) >= 11 is 0.920. The molecule has 1 aliphatic rings. The molecule has 3 aromatic carbocycles. The number of rotatable bonds is 15. The van der Waals surface area contributed by atoms with Gasteiger partial charge >= 0.3 is 11.9 Å². The van der Waals surface area contributed by atoms with Crippen LogP contribution in [0.1, 0.15) is 69.8 Å². The SMILES string of the molecule is C=CCOC(=O)c1sc(N2C(=O)C(=O)/C(=C(/O)c3ccc(OCc4cccc(C)c4)cc3)C2c2ccc(OCCCCC)c(OC)c2)nc1C. The van der Waals surface area contributed by atoms with Gasteiger partial charge in [0.25, 0.3) is 5.78 Å². The first-order chi connectivity index (χ1) is 24.2. The lowest BCUT2D eigenvalue weighted by Crippen LogP contribution is -2.29. The van der Waals surface area contributed by atoms with Crippen molar-refractivity contribution >= 4 is 39.9 Å². The van der Waals surface area contributed by atoms with E-state index in [0.29, 0.717) is 47.3 Å². The highest BCUT2D eigenvalue weighted by atomic mass is 32.1. The summed E-state index contributed by atoms with van der Waals surface area (Å²) in [7, 11) is 1.50. The second kappa shape index (κ2) is 16.3. The van der Waals surface area contributed by atoms with Gasteiger partial charge < -0.3 is 24.1 Å². The number of thiazole rings is 1. The Morgan fingerprint density at radius 1 is 1.02 bits per heavy atom. The molecule has 1 aliphatic heterocycles. The number of unbranched alkanes of at least 4 members (excludes halogenated alkanes) is 2. The van der Waals surface area contributed by atoms with Crippen molar-refractivity contribution in [2.45, 2.75) is 52.7 Å². The van der Waals surface area contributed by atoms with Gasteiger partial charge in [0.2, 0.25) is 0 Å². The highest BCUT2D eigenvalue weighted by Gasteiger charge is 2.48. The second-order valence-corrected chi connectivity index (χ2v) is 12.7. The van der Waals surface area contributed by atoms with Gasteiger partial charge in [-0.15, -0.1) is 0 Å². The van der Waals surface area contributed by atoms with E-state index in [4.69, 9.17) is 18.9 Å². The molecule has 260 valence electrons. The maximum Gasteiger partial charge on any atom is 0.350 e. The van der Waals surface area contributed by atoms with Crippen LogP contribution in [0.15, 0.2) is 85.0 Å². The summed E-state index contributed by atoms with van der Waals surface area (Å²) in [6.45, 7) is 10.2. The number of ketones is 1. The number of aliphatic hydroxyl groups excluding tert-OH is 1. The zero-order valence-electron chi connectivity index (χ0n) is 28.6. The van der Waals surface area contributed by atoms with Crippen molar-refractivity contribution < 1.29 is 38.4 Å². The first-order valence-corrected chi connectivity index (χ1v) is 17.1. The maximum atomic E-state index is 13.8. The van der Waals surface area contributed by atoms with Crippen molar-refractivity contribution in [1.29, 1.82) is 0 Å². The molecule has 5 rings (SSSR count). The molecule has 1 atom stereocenters. The molecule has 0 aliphatic carbocycles. The Morgan fingerprint density at radius 3 is 2.50 bits per heavy atom. The van der Waals surface area contributed by atoms with Crippen LogP contribution in [0.4, 0.5) is 5.13 Å². The van der Waals surface area contributed by atoms with Gasteiger partial charge in [-0.3, -0.25) is 14.5 Å². The minimum atomic E-state index is -1.11. The minimum Gasteiger partial charge on any atom is -0.507 e. The third kappa shape index (κ3) is 7.89. The molecule has 0 bridgehead atoms. The van der Waals surface area contributed by atoms with Crippen LogP contribution in [0.3, 0.4) is 0 Å². The van der Waals surface area contributed by atoms with E-state index in [-0.39, 0.29) is 27.9 Å². The maximum absolute atomic E-state index is 13.8. The molecular formula is C39H40N2O8S. The summed E-state index contributed by atoms with van der Waals surface area (Å²) < 4.78 is 22.8. The number of anilines is 1. The molecular weight excluding hydrogens is 657 g/mol. The van der Waals surface area contributed by atoms with Crippen LogP contribution in [0.25, 0.3) is 5.76 Å². The molecule has 1 unspecified atom stereocenters. The topological polar surface area (TPSA) is 124 Å². The molecule has 1 fully saturated rings. The van der Waals surface area contributed by atoms with E-state index in [0.717, 1.165) is 41.7 Å². The van der Waals surface area contributed by atoms with Crippen LogP contribution in [0.2, 0.25) is 0 Å². The van der Waals surface area contributed by atoms with Gasteiger partial charge in [0.15, 0.2) is 16.6 Å². The minimum absolute atomic E-state index is 0.00155. The van der Waals surface area contributed by atoms with E-state index < -0.39 is 23.7 Å². The fraction of sp³-hybridized carbons (Fsp3) is 0.282. The van der Waals surface area contributed by atoms with Crippen molar-refractivity contribution in [3.63, 3.8) is 0 Å². The fourth-order valence-electron chi connectivity index (χ4n) is 5.56. The first-order valence-electron chi connectivity index (χ1n) is 16.3. The molecule has 1 N–H and O–H groups in total. The second-order valence-electron chi connectivity index (χ2n) is 11.7. The Kier molecular flexibility index (Phi) is 11.7. The van der Waals surface area contributed by atoms with Gasteiger partial charge in [-0.2, -0.15) is 0 Å². The number of hydrogen-bond acceptors (Lipinski definition) is 10. The van der Waals surface area contributed by atoms with Crippen LogP contribution < -0.4 is 19.1 Å². The molecule has 2 heterocycles. The number of benzene rings is 3. The van der Waals surface area contributed by atoms with E-state index in [1.54, 1.807) is 49.4 Å². The Morgan fingerprint density at radius 2 is 1.80 bits per heavy atom. The summed E-state index contributed by atoms with van der Waals surface area (Å²) in [5, 5.41) is 11.8. The number of ether oxygens (including phenoxy) is 4. The molecule has 10 nitrogen and oxygen atoms in total. The van der Waals surface area contributed by atoms with E-state index in [1.165, 1.54) is 18.1 Å². The molecule has 50 heavy (non-hydrogen) atoms. The van der Waals surface area contributed by atoms with Gasteiger partial charge in [0.1, 0.15) is 29.6 Å². The number of nitrogens with zero attached hydrogens (tertiary/aromatic N) is 2. The summed E-state index contributed by atoms with van der Waals surface area (Å²) in [5.74, 6) is -1.36. The average Bonchev–Trinajstić information content (AvgIpc) is 3.63. The van der Waals surface area contributed by atoms with Crippen molar-refractivity contribution in [1.82, 2.24) is 4.98 Å². The third-order valence-corrected chi connectivity index (χ3v) is 9.21. The molecule has 1 saturated heterocycles. The van der Waals surface area contributed by atoms with Crippen LogP contribution in [0.5, 0.6) is 17.2 Å². The zero-order valence-corrected chi connectivity index (χ0v) is 29.4. The van der Waals surface area contributed by atoms with E-state index >= 15 is 0 Å². The zero-order chi connectivity index (χ0) is 35.8. The number of aliphatic hydroxyl groups is 1. The lowest BCUT2D eigenvalue weighted by Gasteiger charge is -2.24. The summed E-state index contributed by atoms with van der Waals surface area (Å²) in [6, 6.07) is 18.6. The molecule has 1 aromatic heterocycles. The number of methoxy groups -OCH3 is 1. The summed E-state index contributed by atoms with van der Waals surface area (Å²) in [5.41, 5.74) is 3.09. The molecule has 11 heteroatoms. The standard InChI is InChI=1S/C39H40N2O8S/c1-6-8-9-20-47-30-18-15-28(22-31(30)46-5)33-32(34(42)27-13-16-29(17-14-27)49-23-26-12-10-11-24(3)21-26)35(43)37(44)41(33)39-40-25(4)36(50-39)38(45)48-19-7-2/h7,10-18,21-22,33,42H,2,6,8-9,19-20,23H2,1,3-5H3/b34-32+. The van der Waals surface area contributed by atoms with Gasteiger partial charge in [0.05, 0.1) is 31.0 Å². The van der Waals surface area contributed by atoms with Crippen LogP contribution in [-0.2, 0) is 20.9 Å². The van der Waals surface area contributed by atoms with Crippen LogP contribution in [0, 0.1) is 13.8 Å². The predicted molar refractivity (Wildman–Crippen MR) is 192 cm³/mol. The van der Waals surface area contributed by atoms with Gasteiger partial charge in [-0.25, -0.2) is 9.78 Å². The number of hydrogen-bond donors (Lipinski definition) is 1. The summed E-state index contributed by atoms with van der Waals surface area (Å²) in [6.07, 6.45) is 4.38. The fourth-order valence-corrected chi connectivity index (χ4v) is 6.55. The highest BCUT2D eigenvalue weighted by molar-refractivity contribution is 7.17. The molecule has 1 amide bonds. The molecule has 0 spiro atoms. The highest BCUT2D eigenvalue weighted by Crippen LogP contribution is 2.45. The summed E-state index contributed by atoms with van der Waals surface area (Å²) in [4.78, 5) is 46.3. The van der Waals surface area contributed by atoms with E-state index in [1.807, 2.05) is 31.2 Å². The van der Waals surface area contributed by atoms with Crippen molar-refractivity contribution in [3.05, 3.63) is 118 Å². The number of aromatic nitrogens is 1. The Hall–Kier alpha value is -5.42. The van der Waals surface area contributed by atoms with Crippen LogP contribution in [-0.4, -0.2) is 48.1 Å². The van der Waals surface area contributed by atoms with Gasteiger partial charge in [0, 0.05) is 5.56 Å². The quantitative estimate of drug-likeness (QED) is 0.0330. The lowest BCUT2D eigenvalue weighted by molar-refractivity contribution is -0.132. The molecule has 0 radical (unpaired) electrons. The average molecular weight is 697 g/mol. The monoisotopic (exact) mass is 696 g/mol. The van der Waals surface area contributed by atoms with Crippen molar-refractivity contribution in [3.8, 4) is 17.2 Å². The lowest BCUT2D eigenvalue weighted by atomic mass is 9.95. The number of esters is 1. The van der Waals surface area contributed by atoms with Gasteiger partial charge in [-0.05, 0) is 67.8 Å². The van der Waals surface area contributed by atoms with Crippen LogP contribution >= 0.6 is 11.3 Å². The Labute approximate surface area is 295 Å². The number of amides is 1. The first kappa shape index (κ1) is 35.9. The molecule has 0 saturated carbocycles. The Bertz CT molecular complexity index is 1910. The predicted octanol–water partition coefficient (Wildman–Crippen LogP) is 7.89. The number of carbonyl (C=O) groups excluding carboxylic acids is 3. The number of aryl methyl sites for hydroxylation is 2. The van der Waals surface area contributed by atoms with Crippen molar-refractivity contribution in [2.24, 2.45) is 0 Å². The smallest absolute Gasteiger partial charge is 0.350 e. The normalized spacial score (nSPS) is 15.2. The molecule has 4 aromatic rings. The third-order valence-electron chi connectivity index (χ3n) is 8.08. The number of carbonyl (C=O) groups is 3. The number of Topliss-reactive ketones (excluding diaryl/α,β-unsaturated/α-hetero) is 1. The van der Waals surface area contributed by atoms with E-state index in [2.05, 4.69) is 18.5 Å².